The van der Waals surface area contributed by atoms with Gasteiger partial charge >= 0.3 is 0 Å². The van der Waals surface area contributed by atoms with Crippen LogP contribution >= 0.6 is 0 Å². The molecule has 1 saturated heterocycles. The normalized spacial score (nSPS) is 19.0. The minimum Gasteiger partial charge on any atom is -0.325 e. The second-order valence-corrected chi connectivity index (χ2v) is 5.23. The van der Waals surface area contributed by atoms with Crippen LogP contribution in [0, 0.1) is 5.82 Å². The Morgan fingerprint density at radius 3 is 2.95 bits per heavy atom. The predicted molar refractivity (Wildman–Crippen MR) is 74.9 cm³/mol. The van der Waals surface area contributed by atoms with Crippen molar-refractivity contribution in [1.82, 2.24) is 4.90 Å². The lowest BCUT2D eigenvalue weighted by Gasteiger charge is -2.22. The topological polar surface area (TPSA) is 49.4 Å². The van der Waals surface area contributed by atoms with Crippen molar-refractivity contribution in [1.29, 1.82) is 0 Å². The summed E-state index contributed by atoms with van der Waals surface area (Å²) in [5, 5.41) is 2.68. The largest absolute Gasteiger partial charge is 0.325 e. The molecule has 1 unspecified atom stereocenters. The van der Waals surface area contributed by atoms with E-state index in [2.05, 4.69) is 5.32 Å². The SMILES string of the molecule is CC(=O)CC1CCCN1CC(=O)Nc1cccc(F)c1. The van der Waals surface area contributed by atoms with Crippen LogP contribution in [0.2, 0.25) is 0 Å². The number of ketones is 1. The number of benzene rings is 1. The van der Waals surface area contributed by atoms with Crippen molar-refractivity contribution in [3.8, 4) is 0 Å². The van der Waals surface area contributed by atoms with Gasteiger partial charge in [0.2, 0.25) is 5.91 Å². The van der Waals surface area contributed by atoms with Gasteiger partial charge in [0.1, 0.15) is 11.6 Å². The summed E-state index contributed by atoms with van der Waals surface area (Å²) >= 11 is 0. The van der Waals surface area contributed by atoms with Crippen LogP contribution in [0.15, 0.2) is 24.3 Å². The molecule has 1 aliphatic rings. The quantitative estimate of drug-likeness (QED) is 0.898. The van der Waals surface area contributed by atoms with Crippen molar-refractivity contribution in [2.24, 2.45) is 0 Å². The first-order valence-electron chi connectivity index (χ1n) is 6.83. The molecule has 0 bridgehead atoms. The van der Waals surface area contributed by atoms with E-state index in [0.717, 1.165) is 19.4 Å². The van der Waals surface area contributed by atoms with Gasteiger partial charge in [-0.1, -0.05) is 6.07 Å². The third kappa shape index (κ3) is 4.13. The Labute approximate surface area is 118 Å². The Morgan fingerprint density at radius 2 is 2.25 bits per heavy atom. The van der Waals surface area contributed by atoms with Crippen molar-refractivity contribution >= 4 is 17.4 Å². The zero-order chi connectivity index (χ0) is 14.5. The molecule has 0 aliphatic carbocycles. The van der Waals surface area contributed by atoms with Crippen LogP contribution in [-0.4, -0.2) is 35.7 Å². The molecule has 0 spiro atoms. The lowest BCUT2D eigenvalue weighted by atomic mass is 10.1. The summed E-state index contributed by atoms with van der Waals surface area (Å²) in [6, 6.07) is 5.98. The highest BCUT2D eigenvalue weighted by Gasteiger charge is 2.27. The van der Waals surface area contributed by atoms with E-state index >= 15 is 0 Å². The maximum absolute atomic E-state index is 13.0. The molecule has 1 aromatic carbocycles. The van der Waals surface area contributed by atoms with Gasteiger partial charge in [0.05, 0.1) is 6.54 Å². The zero-order valence-corrected chi connectivity index (χ0v) is 11.6. The summed E-state index contributed by atoms with van der Waals surface area (Å²) in [7, 11) is 0. The Kier molecular flexibility index (Phi) is 4.84. The molecule has 5 heteroatoms. The van der Waals surface area contributed by atoms with Crippen molar-refractivity contribution in [2.45, 2.75) is 32.2 Å². The molecule has 1 heterocycles. The van der Waals surface area contributed by atoms with Crippen LogP contribution in [0.4, 0.5) is 10.1 Å². The first-order chi connectivity index (χ1) is 9.54. The number of Topliss-reactive ketones (excluding diaryl/α,β-unsaturated/α-hetero) is 1. The molecule has 1 N–H and O–H groups in total. The predicted octanol–water partition coefficient (Wildman–Crippen LogP) is 2.21. The molecule has 2 rings (SSSR count). The molecular weight excluding hydrogens is 259 g/mol. The molecule has 1 fully saturated rings. The van der Waals surface area contributed by atoms with Crippen LogP contribution in [-0.2, 0) is 9.59 Å². The smallest absolute Gasteiger partial charge is 0.238 e. The lowest BCUT2D eigenvalue weighted by Crippen LogP contribution is -2.37. The molecule has 1 atom stereocenters. The number of nitrogens with one attached hydrogen (secondary N) is 1. The second-order valence-electron chi connectivity index (χ2n) is 5.23. The minimum atomic E-state index is -0.376. The summed E-state index contributed by atoms with van der Waals surface area (Å²) < 4.78 is 13.0. The summed E-state index contributed by atoms with van der Waals surface area (Å²) in [4.78, 5) is 25.2. The van der Waals surface area contributed by atoms with E-state index in [4.69, 9.17) is 0 Å². The molecule has 0 saturated carbocycles. The number of amides is 1. The van der Waals surface area contributed by atoms with Gasteiger partial charge in [0.15, 0.2) is 0 Å². The Hall–Kier alpha value is -1.75. The third-order valence-corrected chi connectivity index (χ3v) is 3.48. The van der Waals surface area contributed by atoms with E-state index in [1.54, 1.807) is 19.1 Å². The van der Waals surface area contributed by atoms with Crippen LogP contribution < -0.4 is 5.32 Å². The van der Waals surface area contributed by atoms with Crippen molar-refractivity contribution in [2.75, 3.05) is 18.4 Å². The minimum absolute atomic E-state index is 0.146. The molecular formula is C15H19FN2O2. The van der Waals surface area contributed by atoms with Crippen molar-refractivity contribution < 1.29 is 14.0 Å². The van der Waals surface area contributed by atoms with Crippen LogP contribution in [0.25, 0.3) is 0 Å². The fourth-order valence-corrected chi connectivity index (χ4v) is 2.62. The van der Waals surface area contributed by atoms with E-state index in [-0.39, 0.29) is 30.1 Å². The highest BCUT2D eigenvalue weighted by atomic mass is 19.1. The number of anilines is 1. The van der Waals surface area contributed by atoms with Crippen LogP contribution in [0.3, 0.4) is 0 Å². The number of hydrogen-bond acceptors (Lipinski definition) is 3. The van der Waals surface area contributed by atoms with Gasteiger partial charge < -0.3 is 5.32 Å². The van der Waals surface area contributed by atoms with Crippen molar-refractivity contribution in [3.63, 3.8) is 0 Å². The monoisotopic (exact) mass is 278 g/mol. The number of carbonyl (C=O) groups excluding carboxylic acids is 2. The van der Waals surface area contributed by atoms with Crippen LogP contribution in [0.5, 0.6) is 0 Å². The lowest BCUT2D eigenvalue weighted by molar-refractivity contribution is -0.120. The summed E-state index contributed by atoms with van der Waals surface area (Å²) in [5.41, 5.74) is 0.456. The fourth-order valence-electron chi connectivity index (χ4n) is 2.62. The van der Waals surface area contributed by atoms with Crippen LogP contribution in [0.1, 0.15) is 26.2 Å². The molecule has 1 aliphatic heterocycles. The number of rotatable bonds is 5. The molecule has 108 valence electrons. The molecule has 1 aromatic rings. The number of likely N-dealkylation sites (tertiary alicyclic amines) is 1. The van der Waals surface area contributed by atoms with Gasteiger partial charge in [-0.05, 0) is 44.5 Å². The summed E-state index contributed by atoms with van der Waals surface area (Å²) in [5.74, 6) is -0.406. The van der Waals surface area contributed by atoms with Gasteiger partial charge in [-0.3, -0.25) is 14.5 Å². The third-order valence-electron chi connectivity index (χ3n) is 3.48. The first-order valence-corrected chi connectivity index (χ1v) is 6.83. The van der Waals surface area contributed by atoms with Gasteiger partial charge in [0.25, 0.3) is 0 Å². The van der Waals surface area contributed by atoms with E-state index in [1.165, 1.54) is 12.1 Å². The summed E-state index contributed by atoms with van der Waals surface area (Å²) in [6.07, 6.45) is 2.45. The Balaban J connectivity index is 1.89. The van der Waals surface area contributed by atoms with Gasteiger partial charge in [-0.25, -0.2) is 4.39 Å². The molecule has 4 nitrogen and oxygen atoms in total. The van der Waals surface area contributed by atoms with E-state index in [0.29, 0.717) is 12.1 Å². The van der Waals surface area contributed by atoms with Gasteiger partial charge in [0, 0.05) is 18.2 Å². The maximum atomic E-state index is 13.0. The van der Waals surface area contributed by atoms with E-state index in [9.17, 15) is 14.0 Å². The number of nitrogens with zero attached hydrogens (tertiary/aromatic N) is 1. The standard InChI is InChI=1S/C15H19FN2O2/c1-11(19)8-14-6-3-7-18(14)10-15(20)17-13-5-2-4-12(16)9-13/h2,4-5,9,14H,3,6-8,10H2,1H3,(H,17,20). The highest BCUT2D eigenvalue weighted by Crippen LogP contribution is 2.20. The molecule has 0 radical (unpaired) electrons. The molecule has 1 amide bonds. The van der Waals surface area contributed by atoms with Crippen molar-refractivity contribution in [3.05, 3.63) is 30.1 Å². The second kappa shape index (κ2) is 6.61. The average molecular weight is 278 g/mol. The fraction of sp³-hybridized carbons (Fsp3) is 0.467. The number of carbonyl (C=O) groups is 2. The zero-order valence-electron chi connectivity index (χ0n) is 11.6. The Morgan fingerprint density at radius 1 is 1.45 bits per heavy atom. The van der Waals surface area contributed by atoms with Gasteiger partial charge in [-0.2, -0.15) is 0 Å². The molecule has 0 aromatic heterocycles. The average Bonchev–Trinajstić information content (AvgIpc) is 2.75. The van der Waals surface area contributed by atoms with E-state index < -0.39 is 0 Å². The summed E-state index contributed by atoms with van der Waals surface area (Å²) in [6.45, 7) is 2.65. The highest BCUT2D eigenvalue weighted by molar-refractivity contribution is 5.92. The Bertz CT molecular complexity index is 504. The maximum Gasteiger partial charge on any atom is 0.238 e. The number of hydrogen-bond donors (Lipinski definition) is 1. The number of halogens is 1. The molecule has 20 heavy (non-hydrogen) atoms. The first kappa shape index (κ1) is 14.7. The van der Waals surface area contributed by atoms with Gasteiger partial charge in [-0.15, -0.1) is 0 Å². The van der Waals surface area contributed by atoms with E-state index in [1.807, 2.05) is 4.90 Å².